The van der Waals surface area contributed by atoms with Crippen molar-refractivity contribution < 1.29 is 18.9 Å². The summed E-state index contributed by atoms with van der Waals surface area (Å²) in [6, 6.07) is 6.58. The van der Waals surface area contributed by atoms with Gasteiger partial charge in [0.05, 0.1) is 5.02 Å². The topological polar surface area (TPSA) is 82.6 Å². The number of H-pyrrole nitrogens is 1. The number of aromatic amines is 1. The first-order valence-corrected chi connectivity index (χ1v) is 5.89. The fourth-order valence-electron chi connectivity index (χ4n) is 1.27. The second kappa shape index (κ2) is 3.54. The van der Waals surface area contributed by atoms with E-state index in [-0.39, 0.29) is 5.88 Å². The molecule has 0 saturated heterocycles. The molecule has 0 atom stereocenters. The van der Waals surface area contributed by atoms with Gasteiger partial charge in [-0.3, -0.25) is 9.79 Å². The largest absolute Gasteiger partial charge is 0.525 e. The summed E-state index contributed by atoms with van der Waals surface area (Å²) in [5.74, 6) is -0.00793. The van der Waals surface area contributed by atoms with E-state index in [0.29, 0.717) is 15.9 Å². The van der Waals surface area contributed by atoms with Gasteiger partial charge in [-0.25, -0.2) is 4.57 Å². The van der Waals surface area contributed by atoms with Crippen LogP contribution in [0.15, 0.2) is 24.3 Å². The minimum Gasteiger partial charge on any atom is -0.388 e. The van der Waals surface area contributed by atoms with Crippen LogP contribution in [0, 0.1) is 0 Å². The van der Waals surface area contributed by atoms with Crippen LogP contribution < -0.4 is 4.52 Å². The van der Waals surface area contributed by atoms with Gasteiger partial charge in [0.1, 0.15) is 0 Å². The first kappa shape index (κ1) is 10.5. The number of aromatic nitrogens is 1. The van der Waals surface area contributed by atoms with Crippen LogP contribution in [-0.4, -0.2) is 14.8 Å². The van der Waals surface area contributed by atoms with Gasteiger partial charge in [0.25, 0.3) is 0 Å². The molecule has 0 amide bonds. The van der Waals surface area contributed by atoms with Crippen LogP contribution in [0.25, 0.3) is 10.9 Å². The minimum atomic E-state index is -4.53. The number of rotatable bonds is 2. The predicted molar refractivity (Wildman–Crippen MR) is 56.0 cm³/mol. The molecular weight excluding hydrogens is 241 g/mol. The molecule has 2 aromatic rings. The number of hydrogen-bond donors (Lipinski definition) is 3. The van der Waals surface area contributed by atoms with Crippen LogP contribution in [0.4, 0.5) is 0 Å². The zero-order valence-corrected chi connectivity index (χ0v) is 9.00. The standard InChI is InChI=1S/C8H7ClNO4P/c9-6-2-1-3-7-5(6)4-8(10-7)14-15(11,12)13/h1-4,10H,(H2,11,12,13). The van der Waals surface area contributed by atoms with Crippen molar-refractivity contribution in [3.8, 4) is 5.88 Å². The molecule has 0 radical (unpaired) electrons. The molecule has 15 heavy (non-hydrogen) atoms. The zero-order valence-electron chi connectivity index (χ0n) is 7.35. The van der Waals surface area contributed by atoms with Crippen molar-refractivity contribution in [2.45, 2.75) is 0 Å². The highest BCUT2D eigenvalue weighted by Gasteiger charge is 2.17. The molecule has 0 bridgehead atoms. The third kappa shape index (κ3) is 2.33. The molecule has 0 unspecified atom stereocenters. The van der Waals surface area contributed by atoms with Crippen molar-refractivity contribution in [3.05, 3.63) is 29.3 Å². The van der Waals surface area contributed by atoms with E-state index in [2.05, 4.69) is 9.51 Å². The van der Waals surface area contributed by atoms with Gasteiger partial charge in [-0.1, -0.05) is 17.7 Å². The second-order valence-corrected chi connectivity index (χ2v) is 4.49. The van der Waals surface area contributed by atoms with Crippen molar-refractivity contribution in [2.24, 2.45) is 0 Å². The van der Waals surface area contributed by atoms with Crippen LogP contribution in [0.1, 0.15) is 0 Å². The number of benzene rings is 1. The highest BCUT2D eigenvalue weighted by molar-refractivity contribution is 7.46. The SMILES string of the molecule is O=P(O)(O)Oc1cc2c(Cl)cccc2[nH]1. The number of nitrogens with one attached hydrogen (secondary N) is 1. The Morgan fingerprint density at radius 2 is 2.13 bits per heavy atom. The molecule has 1 aromatic heterocycles. The molecule has 0 saturated carbocycles. The average Bonchev–Trinajstić information content (AvgIpc) is 2.45. The quantitative estimate of drug-likeness (QED) is 0.711. The van der Waals surface area contributed by atoms with Crippen LogP contribution in [-0.2, 0) is 4.57 Å². The number of hydrogen-bond acceptors (Lipinski definition) is 2. The Labute approximate surface area is 89.9 Å². The summed E-state index contributed by atoms with van der Waals surface area (Å²) in [6.07, 6.45) is 0. The van der Waals surface area contributed by atoms with Crippen LogP contribution in [0.5, 0.6) is 5.88 Å². The predicted octanol–water partition coefficient (Wildman–Crippen LogP) is 2.29. The molecule has 0 aliphatic heterocycles. The van der Waals surface area contributed by atoms with Crippen molar-refractivity contribution in [1.82, 2.24) is 4.98 Å². The van der Waals surface area contributed by atoms with E-state index in [0.717, 1.165) is 0 Å². The fourth-order valence-corrected chi connectivity index (χ4v) is 1.85. The molecule has 0 aliphatic rings. The Bertz CT molecular complexity index is 547. The molecule has 1 aromatic carbocycles. The number of phosphoric acid groups is 1. The van der Waals surface area contributed by atoms with E-state index in [1.807, 2.05) is 0 Å². The molecule has 3 N–H and O–H groups in total. The van der Waals surface area contributed by atoms with Gasteiger partial charge < -0.3 is 9.51 Å². The van der Waals surface area contributed by atoms with Crippen LogP contribution in [0.3, 0.4) is 0 Å². The average molecular weight is 248 g/mol. The lowest BCUT2D eigenvalue weighted by Crippen LogP contribution is -1.89. The summed E-state index contributed by atoms with van der Waals surface area (Å²) in [5, 5.41) is 1.15. The number of phosphoric ester groups is 1. The third-order valence-electron chi connectivity index (χ3n) is 1.80. The van der Waals surface area contributed by atoms with Gasteiger partial charge in [0.15, 0.2) is 0 Å². The molecular formula is C8H7ClNO4P. The maximum absolute atomic E-state index is 10.6. The Morgan fingerprint density at radius 1 is 1.40 bits per heavy atom. The van der Waals surface area contributed by atoms with Gasteiger partial charge in [-0.15, -0.1) is 0 Å². The molecule has 0 aliphatic carbocycles. The Balaban J connectivity index is 2.48. The lowest BCUT2D eigenvalue weighted by atomic mass is 10.2. The Morgan fingerprint density at radius 3 is 2.73 bits per heavy atom. The maximum atomic E-state index is 10.6. The summed E-state index contributed by atoms with van der Waals surface area (Å²) < 4.78 is 15.0. The maximum Gasteiger partial charge on any atom is 0.525 e. The fraction of sp³-hybridized carbons (Fsp3) is 0. The molecule has 1 heterocycles. The normalized spacial score (nSPS) is 11.9. The molecule has 7 heteroatoms. The van der Waals surface area contributed by atoms with Gasteiger partial charge in [-0.2, -0.15) is 0 Å². The van der Waals surface area contributed by atoms with Gasteiger partial charge in [0, 0.05) is 17.0 Å². The molecule has 5 nitrogen and oxygen atoms in total. The molecule has 80 valence electrons. The summed E-state index contributed by atoms with van der Waals surface area (Å²) in [5.41, 5.74) is 0.658. The number of halogens is 1. The summed E-state index contributed by atoms with van der Waals surface area (Å²) in [7, 11) is -4.53. The van der Waals surface area contributed by atoms with Crippen LogP contribution >= 0.6 is 19.4 Å². The van der Waals surface area contributed by atoms with Crippen LogP contribution in [0.2, 0.25) is 5.02 Å². The Hall–Kier alpha value is -1.00. The summed E-state index contributed by atoms with van der Waals surface area (Å²) in [6.45, 7) is 0. The number of fused-ring (bicyclic) bond motifs is 1. The van der Waals surface area contributed by atoms with Crippen molar-refractivity contribution in [2.75, 3.05) is 0 Å². The minimum absolute atomic E-state index is 0.00793. The van der Waals surface area contributed by atoms with Crippen molar-refractivity contribution in [3.63, 3.8) is 0 Å². The second-order valence-electron chi connectivity index (χ2n) is 2.92. The van der Waals surface area contributed by atoms with Crippen molar-refractivity contribution >= 4 is 30.3 Å². The van der Waals surface area contributed by atoms with E-state index < -0.39 is 7.82 Å². The summed E-state index contributed by atoms with van der Waals surface area (Å²) in [4.78, 5) is 19.9. The smallest absolute Gasteiger partial charge is 0.388 e. The third-order valence-corrected chi connectivity index (χ3v) is 2.57. The molecule has 0 spiro atoms. The first-order chi connectivity index (χ1) is 6.96. The Kier molecular flexibility index (Phi) is 2.48. The van der Waals surface area contributed by atoms with E-state index in [1.165, 1.54) is 6.07 Å². The highest BCUT2D eigenvalue weighted by Crippen LogP contribution is 2.38. The molecule has 2 rings (SSSR count). The first-order valence-electron chi connectivity index (χ1n) is 3.98. The lowest BCUT2D eigenvalue weighted by Gasteiger charge is -2.02. The van der Waals surface area contributed by atoms with E-state index in [9.17, 15) is 4.57 Å². The van der Waals surface area contributed by atoms with E-state index in [4.69, 9.17) is 21.4 Å². The van der Waals surface area contributed by atoms with Crippen molar-refractivity contribution in [1.29, 1.82) is 0 Å². The summed E-state index contributed by atoms with van der Waals surface area (Å²) >= 11 is 5.87. The molecule has 0 fully saturated rings. The van der Waals surface area contributed by atoms with Gasteiger partial charge >= 0.3 is 7.82 Å². The van der Waals surface area contributed by atoms with Gasteiger partial charge in [0.2, 0.25) is 5.88 Å². The monoisotopic (exact) mass is 247 g/mol. The van der Waals surface area contributed by atoms with Gasteiger partial charge in [-0.05, 0) is 12.1 Å². The lowest BCUT2D eigenvalue weighted by molar-refractivity contribution is 0.280. The zero-order chi connectivity index (χ0) is 11.1. The highest BCUT2D eigenvalue weighted by atomic mass is 35.5. The van der Waals surface area contributed by atoms with E-state index in [1.54, 1.807) is 18.2 Å². The van der Waals surface area contributed by atoms with E-state index >= 15 is 0 Å².